The Hall–Kier alpha value is -1.29. The van der Waals surface area contributed by atoms with Crippen LogP contribution in [0.2, 0.25) is 0 Å². The van der Waals surface area contributed by atoms with Crippen LogP contribution in [0.3, 0.4) is 0 Å². The van der Waals surface area contributed by atoms with Crippen molar-refractivity contribution in [3.05, 3.63) is 23.2 Å². The van der Waals surface area contributed by atoms with E-state index >= 15 is 0 Å². The molecule has 1 aromatic rings. The molecule has 100 valence electrons. The average Bonchev–Trinajstić information content (AvgIpc) is 2.69. The molecule has 1 fully saturated rings. The monoisotopic (exact) mass is 250 g/mol. The van der Waals surface area contributed by atoms with Crippen molar-refractivity contribution in [3.8, 4) is 0 Å². The van der Waals surface area contributed by atoms with Gasteiger partial charge in [-0.3, -0.25) is 4.79 Å². The van der Waals surface area contributed by atoms with E-state index in [2.05, 4.69) is 5.32 Å². The van der Waals surface area contributed by atoms with E-state index in [0.717, 1.165) is 18.6 Å². The molecule has 4 heteroatoms. The van der Waals surface area contributed by atoms with Crippen molar-refractivity contribution in [1.29, 1.82) is 0 Å². The van der Waals surface area contributed by atoms with Gasteiger partial charge in [0.1, 0.15) is 11.5 Å². The highest BCUT2D eigenvalue weighted by Gasteiger charge is 2.26. The molecule has 1 aliphatic carbocycles. The molecule has 4 nitrogen and oxygen atoms in total. The summed E-state index contributed by atoms with van der Waals surface area (Å²) in [4.78, 5) is 12.2. The Morgan fingerprint density at radius 3 is 2.78 bits per heavy atom. The van der Waals surface area contributed by atoms with Crippen LogP contribution in [0.15, 0.2) is 10.5 Å². The van der Waals surface area contributed by atoms with E-state index in [9.17, 15) is 4.79 Å². The normalized spacial score (nSPS) is 23.9. The van der Waals surface area contributed by atoms with Crippen LogP contribution in [0, 0.1) is 19.8 Å². The molecule has 2 atom stereocenters. The fourth-order valence-corrected chi connectivity index (χ4v) is 2.78. The fraction of sp³-hybridized carbons (Fsp3) is 0.643. The van der Waals surface area contributed by atoms with Gasteiger partial charge in [-0.2, -0.15) is 0 Å². The number of carbonyl (C=O) groups is 1. The summed E-state index contributed by atoms with van der Waals surface area (Å²) in [5.74, 6) is 1.84. The third kappa shape index (κ3) is 2.75. The Kier molecular flexibility index (Phi) is 4.07. The lowest BCUT2D eigenvalue weighted by molar-refractivity contribution is 0.0906. The molecule has 0 aromatic carbocycles. The third-order valence-electron chi connectivity index (χ3n) is 3.81. The van der Waals surface area contributed by atoms with Crippen LogP contribution in [0.5, 0.6) is 0 Å². The molecule has 0 aliphatic heterocycles. The maximum atomic E-state index is 12.2. The molecule has 2 unspecified atom stereocenters. The summed E-state index contributed by atoms with van der Waals surface area (Å²) in [5, 5.41) is 3.11. The van der Waals surface area contributed by atoms with E-state index in [1.165, 1.54) is 12.8 Å². The van der Waals surface area contributed by atoms with Crippen LogP contribution in [0.1, 0.15) is 47.6 Å². The molecule has 1 aromatic heterocycles. The van der Waals surface area contributed by atoms with Crippen molar-refractivity contribution < 1.29 is 9.21 Å². The largest absolute Gasteiger partial charge is 0.466 e. The Balaban J connectivity index is 2.04. The number of nitrogens with one attached hydrogen (secondary N) is 1. The van der Waals surface area contributed by atoms with Crippen molar-refractivity contribution >= 4 is 5.91 Å². The van der Waals surface area contributed by atoms with Gasteiger partial charge in [0, 0.05) is 6.04 Å². The molecule has 0 bridgehead atoms. The van der Waals surface area contributed by atoms with Crippen molar-refractivity contribution in [2.45, 2.75) is 45.6 Å². The predicted molar refractivity (Wildman–Crippen MR) is 70.4 cm³/mol. The van der Waals surface area contributed by atoms with E-state index in [0.29, 0.717) is 23.8 Å². The number of hydrogen-bond acceptors (Lipinski definition) is 3. The Morgan fingerprint density at radius 1 is 1.44 bits per heavy atom. The lowest BCUT2D eigenvalue weighted by Crippen LogP contribution is -2.44. The van der Waals surface area contributed by atoms with Gasteiger partial charge in [-0.1, -0.05) is 12.8 Å². The van der Waals surface area contributed by atoms with Crippen LogP contribution in [-0.2, 0) is 0 Å². The number of furan rings is 1. The zero-order valence-electron chi connectivity index (χ0n) is 11.2. The second kappa shape index (κ2) is 5.57. The minimum absolute atomic E-state index is 0.0327. The highest BCUT2D eigenvalue weighted by molar-refractivity contribution is 5.95. The van der Waals surface area contributed by atoms with E-state index in [1.807, 2.05) is 13.8 Å². The summed E-state index contributed by atoms with van der Waals surface area (Å²) in [6, 6.07) is 2.01. The van der Waals surface area contributed by atoms with Crippen molar-refractivity contribution in [3.63, 3.8) is 0 Å². The molecule has 2 rings (SSSR count). The van der Waals surface area contributed by atoms with Gasteiger partial charge in [0.15, 0.2) is 0 Å². The molecule has 0 radical (unpaired) electrons. The van der Waals surface area contributed by atoms with Gasteiger partial charge in [-0.25, -0.2) is 0 Å². The van der Waals surface area contributed by atoms with Crippen LogP contribution >= 0.6 is 0 Å². The quantitative estimate of drug-likeness (QED) is 0.863. The number of nitrogens with two attached hydrogens (primary N) is 1. The molecule has 1 aliphatic rings. The number of hydrogen-bond donors (Lipinski definition) is 2. The summed E-state index contributed by atoms with van der Waals surface area (Å²) < 4.78 is 5.39. The van der Waals surface area contributed by atoms with Gasteiger partial charge in [0.2, 0.25) is 0 Å². The maximum absolute atomic E-state index is 12.2. The second-order valence-electron chi connectivity index (χ2n) is 5.19. The highest BCUT2D eigenvalue weighted by atomic mass is 16.3. The topological polar surface area (TPSA) is 68.3 Å². The second-order valence-corrected chi connectivity index (χ2v) is 5.19. The van der Waals surface area contributed by atoms with E-state index in [-0.39, 0.29) is 11.9 Å². The minimum atomic E-state index is -0.0327. The first-order valence-electron chi connectivity index (χ1n) is 6.69. The van der Waals surface area contributed by atoms with Gasteiger partial charge in [-0.15, -0.1) is 0 Å². The molecule has 18 heavy (non-hydrogen) atoms. The van der Waals surface area contributed by atoms with E-state index < -0.39 is 0 Å². The molecule has 0 spiro atoms. The molecular formula is C14H22N2O2. The van der Waals surface area contributed by atoms with Crippen LogP contribution in [-0.4, -0.2) is 18.5 Å². The fourth-order valence-electron chi connectivity index (χ4n) is 2.78. The van der Waals surface area contributed by atoms with Crippen molar-refractivity contribution in [2.75, 3.05) is 6.54 Å². The number of rotatable bonds is 3. The predicted octanol–water partition coefficient (Wildman–Crippen LogP) is 2.14. The maximum Gasteiger partial charge on any atom is 0.255 e. The molecular weight excluding hydrogens is 228 g/mol. The molecule has 3 N–H and O–H groups in total. The smallest absolute Gasteiger partial charge is 0.255 e. The summed E-state index contributed by atoms with van der Waals surface area (Å²) >= 11 is 0. The minimum Gasteiger partial charge on any atom is -0.466 e. The average molecular weight is 250 g/mol. The standard InChI is InChI=1S/C14H22N2O2/c1-9-7-12(10(2)18-9)14(17)16-13-6-4-3-5-11(13)8-15/h7,11,13H,3-6,8,15H2,1-2H3,(H,16,17). The van der Waals surface area contributed by atoms with Gasteiger partial charge >= 0.3 is 0 Å². The number of aryl methyl sites for hydroxylation is 2. The van der Waals surface area contributed by atoms with Crippen molar-refractivity contribution in [2.24, 2.45) is 11.7 Å². The van der Waals surface area contributed by atoms with Gasteiger partial charge in [-0.05, 0) is 45.2 Å². The zero-order valence-corrected chi connectivity index (χ0v) is 11.2. The first kappa shape index (κ1) is 13.1. The first-order valence-corrected chi connectivity index (χ1v) is 6.69. The van der Waals surface area contributed by atoms with Crippen LogP contribution in [0.4, 0.5) is 0 Å². The van der Waals surface area contributed by atoms with Gasteiger partial charge in [0.05, 0.1) is 5.56 Å². The summed E-state index contributed by atoms with van der Waals surface area (Å²) in [6.45, 7) is 4.32. The number of carbonyl (C=O) groups excluding carboxylic acids is 1. The Labute approximate surface area is 108 Å². The lowest BCUT2D eigenvalue weighted by atomic mass is 9.84. The summed E-state index contributed by atoms with van der Waals surface area (Å²) in [7, 11) is 0. The third-order valence-corrected chi connectivity index (χ3v) is 3.81. The Morgan fingerprint density at radius 2 is 2.17 bits per heavy atom. The van der Waals surface area contributed by atoms with Gasteiger partial charge < -0.3 is 15.5 Å². The molecule has 0 saturated heterocycles. The summed E-state index contributed by atoms with van der Waals surface area (Å²) in [6.07, 6.45) is 4.54. The van der Waals surface area contributed by atoms with Crippen LogP contribution < -0.4 is 11.1 Å². The Bertz CT molecular complexity index is 425. The van der Waals surface area contributed by atoms with E-state index in [4.69, 9.17) is 10.2 Å². The zero-order chi connectivity index (χ0) is 13.1. The van der Waals surface area contributed by atoms with Crippen molar-refractivity contribution in [1.82, 2.24) is 5.32 Å². The first-order chi connectivity index (χ1) is 8.61. The van der Waals surface area contributed by atoms with E-state index in [1.54, 1.807) is 6.07 Å². The SMILES string of the molecule is Cc1cc(C(=O)NC2CCCCC2CN)c(C)o1. The lowest BCUT2D eigenvalue weighted by Gasteiger charge is -2.31. The van der Waals surface area contributed by atoms with Crippen LogP contribution in [0.25, 0.3) is 0 Å². The van der Waals surface area contributed by atoms with Gasteiger partial charge in [0.25, 0.3) is 5.91 Å². The molecule has 1 heterocycles. The summed E-state index contributed by atoms with van der Waals surface area (Å²) in [5.41, 5.74) is 6.42. The highest BCUT2D eigenvalue weighted by Crippen LogP contribution is 2.24. The number of amides is 1. The molecule has 1 saturated carbocycles. The molecule has 1 amide bonds.